The number of aromatic hydroxyl groups is 1. The number of ether oxygens (including phenoxy) is 1. The molecule has 2 aliphatic heterocycles. The van der Waals surface area contributed by atoms with Crippen LogP contribution in [0.2, 0.25) is 0 Å². The molecule has 3 aliphatic rings. The van der Waals surface area contributed by atoms with Gasteiger partial charge in [-0.2, -0.15) is 0 Å². The smallest absolute Gasteiger partial charge is 0.508 e. The van der Waals surface area contributed by atoms with E-state index in [0.717, 1.165) is 34.5 Å². The third-order valence-corrected chi connectivity index (χ3v) is 6.69. The number of hydrogen-bond acceptors (Lipinski definition) is 5. The van der Waals surface area contributed by atoms with Crippen molar-refractivity contribution < 1.29 is 27.8 Å². The maximum absolute atomic E-state index is 13.3. The monoisotopic (exact) mass is 411 g/mol. The summed E-state index contributed by atoms with van der Waals surface area (Å²) in [5.74, 6) is -0.349. The normalized spacial score (nSPS) is 24.0. The van der Waals surface area contributed by atoms with E-state index in [-0.39, 0.29) is 17.1 Å². The zero-order chi connectivity index (χ0) is 20.3. The number of thioether (sulfide) groups is 1. The molecule has 4 rings (SSSR count). The van der Waals surface area contributed by atoms with Crippen molar-refractivity contribution in [1.29, 1.82) is 0 Å². The Kier molecular flexibility index (Phi) is 4.45. The summed E-state index contributed by atoms with van der Waals surface area (Å²) in [6.07, 6.45) is -2.65. The minimum Gasteiger partial charge on any atom is -0.508 e. The number of rotatable bonds is 2. The van der Waals surface area contributed by atoms with Crippen LogP contribution in [-0.4, -0.2) is 23.0 Å². The van der Waals surface area contributed by atoms with E-state index < -0.39 is 23.4 Å². The molecule has 1 aliphatic carbocycles. The summed E-state index contributed by atoms with van der Waals surface area (Å²) in [5, 5.41) is 13.9. The summed E-state index contributed by atoms with van der Waals surface area (Å²) in [4.78, 5) is 14.1. The van der Waals surface area contributed by atoms with Gasteiger partial charge in [0.1, 0.15) is 11.5 Å². The second-order valence-corrected chi connectivity index (χ2v) is 9.01. The highest BCUT2D eigenvalue weighted by Crippen LogP contribution is 2.54. The Hall–Kier alpha value is -2.09. The number of benzene rings is 1. The van der Waals surface area contributed by atoms with Gasteiger partial charge in [0.2, 0.25) is 0 Å². The molecular formula is C20H20F3NO3S. The Morgan fingerprint density at radius 3 is 2.71 bits per heavy atom. The molecule has 1 unspecified atom stereocenters. The number of halogens is 3. The Balaban J connectivity index is 1.86. The van der Waals surface area contributed by atoms with Crippen LogP contribution in [0.4, 0.5) is 13.2 Å². The number of dihydropyridines is 1. The summed E-state index contributed by atoms with van der Waals surface area (Å²) in [7, 11) is 0. The van der Waals surface area contributed by atoms with E-state index >= 15 is 0 Å². The van der Waals surface area contributed by atoms with E-state index in [0.29, 0.717) is 18.4 Å². The molecule has 0 amide bonds. The van der Waals surface area contributed by atoms with Gasteiger partial charge in [0.25, 0.3) is 0 Å². The lowest BCUT2D eigenvalue weighted by Crippen LogP contribution is -2.38. The predicted molar refractivity (Wildman–Crippen MR) is 99.8 cm³/mol. The van der Waals surface area contributed by atoms with E-state index in [4.69, 9.17) is 0 Å². The fraction of sp³-hybridized carbons (Fsp3) is 0.450. The van der Waals surface area contributed by atoms with E-state index in [1.165, 1.54) is 12.1 Å². The summed E-state index contributed by atoms with van der Waals surface area (Å²) in [6, 6.07) is 3.46. The standard InChI is InChI=1S/C20H20F3NO3S/c1-19(2)7-5-12-16(18(19)26)15(17-13(24-12)6-8-28-17)11-9-10(3-4-14(11)25)27-20(21,22)23/h3-4,9,15,24-25H,5-8H2,1-2H3. The van der Waals surface area contributed by atoms with Crippen molar-refractivity contribution in [3.05, 3.63) is 45.6 Å². The van der Waals surface area contributed by atoms with Crippen molar-refractivity contribution in [3.8, 4) is 11.5 Å². The van der Waals surface area contributed by atoms with Crippen LogP contribution in [0.5, 0.6) is 11.5 Å². The average molecular weight is 411 g/mol. The first-order valence-electron chi connectivity index (χ1n) is 9.06. The molecular weight excluding hydrogens is 391 g/mol. The molecule has 0 spiro atoms. The zero-order valence-electron chi connectivity index (χ0n) is 15.4. The second kappa shape index (κ2) is 6.47. The molecule has 28 heavy (non-hydrogen) atoms. The van der Waals surface area contributed by atoms with Gasteiger partial charge in [-0.3, -0.25) is 4.79 Å². The van der Waals surface area contributed by atoms with Crippen LogP contribution >= 0.6 is 11.8 Å². The van der Waals surface area contributed by atoms with Gasteiger partial charge in [-0.25, -0.2) is 0 Å². The van der Waals surface area contributed by atoms with Gasteiger partial charge in [0.15, 0.2) is 5.78 Å². The highest BCUT2D eigenvalue weighted by molar-refractivity contribution is 8.03. The Bertz CT molecular complexity index is 918. The molecule has 0 aromatic heterocycles. The van der Waals surface area contributed by atoms with Crippen molar-refractivity contribution in [3.63, 3.8) is 0 Å². The molecule has 0 saturated heterocycles. The molecule has 2 N–H and O–H groups in total. The zero-order valence-corrected chi connectivity index (χ0v) is 16.3. The lowest BCUT2D eigenvalue weighted by atomic mass is 9.69. The highest BCUT2D eigenvalue weighted by atomic mass is 32.2. The first kappa shape index (κ1) is 19.2. The lowest BCUT2D eigenvalue weighted by molar-refractivity contribution is -0.274. The number of nitrogens with one attached hydrogen (secondary N) is 1. The van der Waals surface area contributed by atoms with Gasteiger partial charge in [0.05, 0.1) is 5.92 Å². The van der Waals surface area contributed by atoms with Gasteiger partial charge < -0.3 is 15.2 Å². The van der Waals surface area contributed by atoms with Crippen LogP contribution in [-0.2, 0) is 4.79 Å². The van der Waals surface area contributed by atoms with Crippen LogP contribution in [0.3, 0.4) is 0 Å². The minimum absolute atomic E-state index is 0.0353. The van der Waals surface area contributed by atoms with Crippen LogP contribution in [0, 0.1) is 5.41 Å². The second-order valence-electron chi connectivity index (χ2n) is 7.87. The van der Waals surface area contributed by atoms with Gasteiger partial charge in [0, 0.05) is 38.6 Å². The molecule has 1 atom stereocenters. The number of carbonyl (C=O) groups is 1. The maximum atomic E-state index is 13.3. The summed E-state index contributed by atoms with van der Waals surface area (Å²) in [6.45, 7) is 3.76. The van der Waals surface area contributed by atoms with E-state index in [2.05, 4.69) is 10.1 Å². The topological polar surface area (TPSA) is 58.6 Å². The molecule has 150 valence electrons. The summed E-state index contributed by atoms with van der Waals surface area (Å²) < 4.78 is 42.1. The fourth-order valence-corrected chi connectivity index (χ4v) is 5.31. The number of ketones is 1. The van der Waals surface area contributed by atoms with Crippen molar-refractivity contribution in [2.75, 3.05) is 5.75 Å². The van der Waals surface area contributed by atoms with Crippen molar-refractivity contribution >= 4 is 17.5 Å². The fourth-order valence-electron chi connectivity index (χ4n) is 4.05. The Labute approximate surface area is 164 Å². The molecule has 8 heteroatoms. The van der Waals surface area contributed by atoms with E-state index in [1.54, 1.807) is 11.8 Å². The summed E-state index contributed by atoms with van der Waals surface area (Å²) >= 11 is 1.57. The van der Waals surface area contributed by atoms with Crippen molar-refractivity contribution in [2.24, 2.45) is 5.41 Å². The first-order valence-corrected chi connectivity index (χ1v) is 10.0. The number of carbonyl (C=O) groups excluding carboxylic acids is 1. The lowest BCUT2D eigenvalue weighted by Gasteiger charge is -2.39. The third-order valence-electron chi connectivity index (χ3n) is 5.49. The maximum Gasteiger partial charge on any atom is 0.573 e. The SMILES string of the molecule is CC1(C)CCC2=C(C1=O)C(c1cc(OC(F)(F)F)ccc1O)C1=C(CCS1)N2. The third kappa shape index (κ3) is 3.27. The van der Waals surface area contributed by atoms with Crippen LogP contribution in [0.25, 0.3) is 0 Å². The molecule has 1 aromatic carbocycles. The number of hydrogen-bond donors (Lipinski definition) is 2. The summed E-state index contributed by atoms with van der Waals surface area (Å²) in [5.41, 5.74) is 2.06. The van der Waals surface area contributed by atoms with Gasteiger partial charge >= 0.3 is 6.36 Å². The molecule has 2 heterocycles. The first-order chi connectivity index (χ1) is 13.1. The van der Waals surface area contributed by atoms with Gasteiger partial charge in [-0.1, -0.05) is 13.8 Å². The van der Waals surface area contributed by atoms with Gasteiger partial charge in [-0.05, 0) is 37.5 Å². The molecule has 0 radical (unpaired) electrons. The number of allylic oxidation sites excluding steroid dienone is 4. The number of Topliss-reactive ketones (excluding diaryl/α,β-unsaturated/α-hetero) is 1. The van der Waals surface area contributed by atoms with Crippen LogP contribution < -0.4 is 10.1 Å². The van der Waals surface area contributed by atoms with Crippen molar-refractivity contribution in [2.45, 2.75) is 45.4 Å². The minimum atomic E-state index is -4.83. The molecule has 0 fully saturated rings. The quantitative estimate of drug-likeness (QED) is 0.720. The largest absolute Gasteiger partial charge is 0.573 e. The van der Waals surface area contributed by atoms with Gasteiger partial charge in [-0.15, -0.1) is 24.9 Å². The Morgan fingerprint density at radius 1 is 1.25 bits per heavy atom. The average Bonchev–Trinajstić information content (AvgIpc) is 3.06. The van der Waals surface area contributed by atoms with Crippen LogP contribution in [0.15, 0.2) is 40.1 Å². The molecule has 4 nitrogen and oxygen atoms in total. The molecule has 0 saturated carbocycles. The predicted octanol–water partition coefficient (Wildman–Crippen LogP) is 4.97. The van der Waals surface area contributed by atoms with Crippen LogP contribution in [0.1, 0.15) is 44.6 Å². The van der Waals surface area contributed by atoms with E-state index in [9.17, 15) is 23.1 Å². The number of alkyl halides is 3. The Morgan fingerprint density at radius 2 is 2.00 bits per heavy atom. The molecule has 1 aromatic rings. The van der Waals surface area contributed by atoms with E-state index in [1.807, 2.05) is 13.8 Å². The highest BCUT2D eigenvalue weighted by Gasteiger charge is 2.45. The van der Waals surface area contributed by atoms with Crippen molar-refractivity contribution in [1.82, 2.24) is 5.32 Å². The number of phenolic OH excluding ortho intramolecular Hbond substituents is 1. The number of phenols is 1. The molecule has 0 bridgehead atoms.